The molecular weight excluding hydrogens is 792 g/mol. The van der Waals surface area contributed by atoms with Crippen LogP contribution in [0.4, 0.5) is 46.4 Å². The quantitative estimate of drug-likeness (QED) is 0.124. The Morgan fingerprint density at radius 3 is 1.95 bits per heavy atom. The van der Waals surface area contributed by atoms with Gasteiger partial charge < -0.3 is 34.9 Å². The van der Waals surface area contributed by atoms with Gasteiger partial charge in [-0.25, -0.2) is 27.6 Å². The molecule has 0 unspecified atom stereocenters. The number of anilines is 1. The van der Waals surface area contributed by atoms with E-state index in [1.807, 2.05) is 0 Å². The third-order valence-corrected chi connectivity index (χ3v) is 8.65. The Kier molecular flexibility index (Phi) is 14.8. The first-order chi connectivity index (χ1) is 27.4. The van der Waals surface area contributed by atoms with Gasteiger partial charge in [0.25, 0.3) is 0 Å². The zero-order valence-corrected chi connectivity index (χ0v) is 33.3. The Morgan fingerprint density at radius 2 is 1.41 bits per heavy atom. The fourth-order valence-electron chi connectivity index (χ4n) is 6.12. The SMILES string of the molecule is CC(C)(C)OC(=O)NC(CC(=O)Nc1cncc(F)c1CC[C@@H]1CN(C(=O)OC(C)(C)C)[C@H](CNC(=O)OCC(F)(F)F)CO1)(c1ccc(F)cc1)c1ccc(F)cc1. The Labute approximate surface area is 337 Å². The van der Waals surface area contributed by atoms with Gasteiger partial charge in [-0.05, 0) is 89.8 Å². The Bertz CT molecular complexity index is 1890. The molecule has 2 atom stereocenters. The molecule has 1 aromatic heterocycles. The van der Waals surface area contributed by atoms with E-state index >= 15 is 4.39 Å². The largest absolute Gasteiger partial charge is 0.444 e. The van der Waals surface area contributed by atoms with Gasteiger partial charge in [0.15, 0.2) is 6.61 Å². The highest BCUT2D eigenvalue weighted by Gasteiger charge is 2.41. The van der Waals surface area contributed by atoms with Crippen molar-refractivity contribution in [2.24, 2.45) is 0 Å². The molecule has 0 aliphatic carbocycles. The van der Waals surface area contributed by atoms with E-state index in [9.17, 15) is 41.1 Å². The molecule has 1 aliphatic rings. The molecule has 19 heteroatoms. The van der Waals surface area contributed by atoms with E-state index in [1.54, 1.807) is 41.5 Å². The number of hydrogen-bond acceptors (Lipinski definition) is 9. The number of nitrogens with zero attached hydrogens (tertiary/aromatic N) is 2. The van der Waals surface area contributed by atoms with E-state index < -0.39 is 89.7 Å². The monoisotopic (exact) mass is 839 g/mol. The lowest BCUT2D eigenvalue weighted by atomic mass is 9.79. The minimum Gasteiger partial charge on any atom is -0.444 e. The number of aromatic nitrogens is 1. The molecule has 59 heavy (non-hydrogen) atoms. The number of hydrogen-bond donors (Lipinski definition) is 3. The topological polar surface area (TPSA) is 157 Å². The molecule has 2 heterocycles. The van der Waals surface area contributed by atoms with Crippen molar-refractivity contribution in [1.82, 2.24) is 20.5 Å². The average Bonchev–Trinajstić information content (AvgIpc) is 3.11. The second-order valence-electron chi connectivity index (χ2n) is 15.8. The van der Waals surface area contributed by atoms with Crippen LogP contribution in [-0.2, 0) is 35.7 Å². The summed E-state index contributed by atoms with van der Waals surface area (Å²) in [5.41, 5.74) is -3.24. The normalized spacial score (nSPS) is 16.2. The van der Waals surface area contributed by atoms with Gasteiger partial charge >= 0.3 is 24.5 Å². The summed E-state index contributed by atoms with van der Waals surface area (Å²) in [6.45, 7) is 7.31. The molecule has 1 saturated heterocycles. The molecule has 3 N–H and O–H groups in total. The highest BCUT2D eigenvalue weighted by atomic mass is 19.4. The van der Waals surface area contributed by atoms with Crippen molar-refractivity contribution < 1.29 is 64.5 Å². The molecule has 322 valence electrons. The van der Waals surface area contributed by atoms with Crippen LogP contribution in [-0.4, -0.2) is 89.9 Å². The first kappa shape index (κ1) is 46.1. The van der Waals surface area contributed by atoms with Gasteiger partial charge in [-0.1, -0.05) is 24.3 Å². The van der Waals surface area contributed by atoms with Crippen LogP contribution in [0.25, 0.3) is 0 Å². The fraction of sp³-hybridized carbons (Fsp3) is 0.475. The third kappa shape index (κ3) is 14.0. The molecule has 1 aliphatic heterocycles. The maximum Gasteiger partial charge on any atom is 0.422 e. The predicted octanol–water partition coefficient (Wildman–Crippen LogP) is 7.52. The zero-order valence-electron chi connectivity index (χ0n) is 33.3. The highest BCUT2D eigenvalue weighted by Crippen LogP contribution is 2.35. The molecule has 2 aromatic carbocycles. The van der Waals surface area contributed by atoms with E-state index in [2.05, 4.69) is 25.7 Å². The summed E-state index contributed by atoms with van der Waals surface area (Å²) in [5, 5.41) is 7.58. The predicted molar refractivity (Wildman–Crippen MR) is 201 cm³/mol. The van der Waals surface area contributed by atoms with Gasteiger partial charge in [0.1, 0.15) is 34.2 Å². The standard InChI is InChI=1S/C40H47F6N5O8/c1-37(2,3)58-35(54)50-39(24-7-11-26(41)12-8-24,25-9-13-27(42)14-10-25)17-33(52)49-32-20-47-19-31(43)30(32)16-15-29-21-51(36(55)59-38(4,5)6)28(22-56-29)18-48-34(53)57-23-40(44,45)46/h7-14,19-20,28-29H,15-18,21-23H2,1-6H3,(H,48,53)(H,49,52)(H,50,54)/t28-,29-/m1/s1. The molecule has 3 aromatic rings. The minimum absolute atomic E-state index is 0.00577. The van der Waals surface area contributed by atoms with Gasteiger partial charge in [0.05, 0.1) is 49.8 Å². The van der Waals surface area contributed by atoms with Crippen LogP contribution < -0.4 is 16.0 Å². The Balaban J connectivity index is 1.56. The van der Waals surface area contributed by atoms with Crippen LogP contribution in [0.2, 0.25) is 0 Å². The number of carbonyl (C=O) groups excluding carboxylic acids is 4. The number of amides is 4. The lowest BCUT2D eigenvalue weighted by Gasteiger charge is -2.40. The summed E-state index contributed by atoms with van der Waals surface area (Å²) >= 11 is 0. The second-order valence-corrected chi connectivity index (χ2v) is 15.8. The maximum absolute atomic E-state index is 15.5. The summed E-state index contributed by atoms with van der Waals surface area (Å²) in [4.78, 5) is 57.6. The first-order valence-corrected chi connectivity index (χ1v) is 18.5. The van der Waals surface area contributed by atoms with Gasteiger partial charge in [0, 0.05) is 12.1 Å². The van der Waals surface area contributed by atoms with Crippen LogP contribution in [0.5, 0.6) is 0 Å². The molecule has 0 bridgehead atoms. The van der Waals surface area contributed by atoms with Crippen molar-refractivity contribution in [3.05, 3.63) is 95.1 Å². The van der Waals surface area contributed by atoms with E-state index in [0.29, 0.717) is 0 Å². The summed E-state index contributed by atoms with van der Waals surface area (Å²) in [6.07, 6.45) is -7.00. The fourth-order valence-corrected chi connectivity index (χ4v) is 6.12. The number of alkyl carbamates (subject to hydrolysis) is 2. The zero-order chi connectivity index (χ0) is 43.8. The number of carbonyl (C=O) groups is 4. The number of morpholine rings is 1. The van der Waals surface area contributed by atoms with Crippen LogP contribution in [0.1, 0.15) is 71.1 Å². The van der Waals surface area contributed by atoms with E-state index in [1.165, 1.54) is 35.4 Å². The number of alkyl halides is 3. The Morgan fingerprint density at radius 1 is 0.831 bits per heavy atom. The summed E-state index contributed by atoms with van der Waals surface area (Å²) in [6, 6.07) is 9.03. The first-order valence-electron chi connectivity index (χ1n) is 18.5. The molecular formula is C40H47F6N5O8. The number of benzene rings is 2. The summed E-state index contributed by atoms with van der Waals surface area (Å²) in [5.74, 6) is -2.77. The van der Waals surface area contributed by atoms with Crippen molar-refractivity contribution >= 4 is 29.9 Å². The lowest BCUT2D eigenvalue weighted by molar-refractivity contribution is -0.160. The molecule has 4 rings (SSSR count). The lowest BCUT2D eigenvalue weighted by Crippen LogP contribution is -2.57. The molecule has 1 fully saturated rings. The van der Waals surface area contributed by atoms with Gasteiger partial charge in [0.2, 0.25) is 5.91 Å². The maximum atomic E-state index is 15.5. The molecule has 4 amide bonds. The van der Waals surface area contributed by atoms with E-state index in [0.717, 1.165) is 30.5 Å². The van der Waals surface area contributed by atoms with Crippen LogP contribution >= 0.6 is 0 Å². The van der Waals surface area contributed by atoms with Gasteiger partial charge in [-0.2, -0.15) is 13.2 Å². The van der Waals surface area contributed by atoms with Crippen molar-refractivity contribution in [1.29, 1.82) is 0 Å². The van der Waals surface area contributed by atoms with Crippen molar-refractivity contribution in [2.75, 3.05) is 31.6 Å². The van der Waals surface area contributed by atoms with Crippen molar-refractivity contribution in [3.63, 3.8) is 0 Å². The molecule has 0 saturated carbocycles. The van der Waals surface area contributed by atoms with E-state index in [-0.39, 0.29) is 54.9 Å². The summed E-state index contributed by atoms with van der Waals surface area (Å²) in [7, 11) is 0. The number of halogens is 6. The summed E-state index contributed by atoms with van der Waals surface area (Å²) < 4.78 is 102. The average molecular weight is 840 g/mol. The van der Waals surface area contributed by atoms with Crippen LogP contribution in [0, 0.1) is 17.5 Å². The van der Waals surface area contributed by atoms with Gasteiger partial charge in [-0.15, -0.1) is 0 Å². The van der Waals surface area contributed by atoms with Crippen LogP contribution in [0.3, 0.4) is 0 Å². The number of ether oxygens (including phenoxy) is 4. The minimum atomic E-state index is -4.74. The third-order valence-electron chi connectivity index (χ3n) is 8.65. The smallest absolute Gasteiger partial charge is 0.422 e. The van der Waals surface area contributed by atoms with E-state index in [4.69, 9.17) is 14.2 Å². The van der Waals surface area contributed by atoms with Crippen molar-refractivity contribution in [2.45, 2.75) is 95.9 Å². The second kappa shape index (κ2) is 19.0. The number of pyridine rings is 1. The van der Waals surface area contributed by atoms with Crippen LogP contribution in [0.15, 0.2) is 60.9 Å². The number of rotatable bonds is 12. The van der Waals surface area contributed by atoms with Gasteiger partial charge in [-0.3, -0.25) is 14.7 Å². The number of nitrogens with one attached hydrogen (secondary N) is 3. The molecule has 0 radical (unpaired) electrons. The highest BCUT2D eigenvalue weighted by molar-refractivity contribution is 5.93. The molecule has 0 spiro atoms. The molecule has 13 nitrogen and oxygen atoms in total. The Hall–Kier alpha value is -5.59. The van der Waals surface area contributed by atoms with Crippen molar-refractivity contribution in [3.8, 4) is 0 Å².